The highest BCUT2D eigenvalue weighted by molar-refractivity contribution is 5.85. The van der Waals surface area contributed by atoms with Crippen molar-refractivity contribution >= 4 is 11.7 Å². The average Bonchev–Trinajstić information content (AvgIpc) is 2.34. The first kappa shape index (κ1) is 13.2. The van der Waals surface area contributed by atoms with Gasteiger partial charge in [-0.3, -0.25) is 0 Å². The lowest BCUT2D eigenvalue weighted by Crippen LogP contribution is -2.27. The normalized spacial score (nSPS) is 9.94. The summed E-state index contributed by atoms with van der Waals surface area (Å²) in [6.45, 7) is 5.64. The van der Waals surface area contributed by atoms with Crippen LogP contribution in [0.15, 0.2) is 31.0 Å². The van der Waals surface area contributed by atoms with Crippen molar-refractivity contribution in [3.63, 3.8) is 0 Å². The van der Waals surface area contributed by atoms with Crippen molar-refractivity contribution in [2.45, 2.75) is 0 Å². The van der Waals surface area contributed by atoms with Gasteiger partial charge in [-0.05, 0) is 12.1 Å². The van der Waals surface area contributed by atoms with E-state index in [0.29, 0.717) is 19.7 Å². The Balaban J connectivity index is 2.79. The number of nitrogens with zero attached hydrogens (tertiary/aromatic N) is 2. The lowest BCUT2D eigenvalue weighted by molar-refractivity contribution is 0.0690. The minimum atomic E-state index is -1.02. The zero-order valence-corrected chi connectivity index (χ0v) is 9.80. The molecular formula is C12H16N2O3. The number of ether oxygens (including phenoxy) is 1. The second kappa shape index (κ2) is 6.65. The van der Waals surface area contributed by atoms with Gasteiger partial charge in [0.1, 0.15) is 5.69 Å². The van der Waals surface area contributed by atoms with Gasteiger partial charge in [-0.25, -0.2) is 9.78 Å². The van der Waals surface area contributed by atoms with Crippen molar-refractivity contribution in [3.05, 3.63) is 36.7 Å². The standard InChI is InChI=1S/C12H16N2O3/c1-3-6-14(7-8-17-2)10-4-5-11(12(15)16)13-9-10/h3-5,9H,1,6-8H2,2H3,(H,15,16). The van der Waals surface area contributed by atoms with Crippen LogP contribution < -0.4 is 4.90 Å². The molecule has 0 atom stereocenters. The third-order valence-corrected chi connectivity index (χ3v) is 2.25. The Hall–Kier alpha value is -1.88. The van der Waals surface area contributed by atoms with Crippen molar-refractivity contribution in [1.82, 2.24) is 4.98 Å². The van der Waals surface area contributed by atoms with Crippen LogP contribution in [0, 0.1) is 0 Å². The number of carboxylic acid groups (broad SMARTS) is 1. The summed E-state index contributed by atoms with van der Waals surface area (Å²) in [6, 6.07) is 3.22. The molecule has 1 aromatic heterocycles. The molecule has 5 heteroatoms. The molecule has 0 saturated carbocycles. The average molecular weight is 236 g/mol. The molecule has 0 spiro atoms. The van der Waals surface area contributed by atoms with Gasteiger partial charge in [-0.2, -0.15) is 0 Å². The van der Waals surface area contributed by atoms with Crippen LogP contribution in [-0.2, 0) is 4.74 Å². The van der Waals surface area contributed by atoms with Gasteiger partial charge in [0.15, 0.2) is 0 Å². The van der Waals surface area contributed by atoms with Crippen LogP contribution in [-0.4, -0.2) is 42.9 Å². The molecule has 92 valence electrons. The quantitative estimate of drug-likeness (QED) is 0.725. The van der Waals surface area contributed by atoms with Crippen LogP contribution in [0.3, 0.4) is 0 Å². The van der Waals surface area contributed by atoms with Crippen molar-refractivity contribution in [2.75, 3.05) is 31.7 Å². The Morgan fingerprint density at radius 1 is 1.65 bits per heavy atom. The Morgan fingerprint density at radius 2 is 2.41 bits per heavy atom. The molecule has 17 heavy (non-hydrogen) atoms. The number of pyridine rings is 1. The summed E-state index contributed by atoms with van der Waals surface area (Å²) in [5, 5.41) is 8.75. The largest absolute Gasteiger partial charge is 0.477 e. The van der Waals surface area contributed by atoms with Crippen molar-refractivity contribution in [1.29, 1.82) is 0 Å². The van der Waals surface area contributed by atoms with Gasteiger partial charge in [0.2, 0.25) is 0 Å². The summed E-state index contributed by atoms with van der Waals surface area (Å²) < 4.78 is 5.01. The van der Waals surface area contributed by atoms with E-state index < -0.39 is 5.97 Å². The molecule has 5 nitrogen and oxygen atoms in total. The van der Waals surface area contributed by atoms with E-state index in [1.54, 1.807) is 25.4 Å². The summed E-state index contributed by atoms with van der Waals surface area (Å²) in [5.74, 6) is -1.02. The molecule has 0 saturated heterocycles. The molecule has 0 unspecified atom stereocenters. The third kappa shape index (κ3) is 3.88. The number of aromatic carboxylic acids is 1. The molecule has 0 radical (unpaired) electrons. The first-order chi connectivity index (χ1) is 8.19. The number of rotatable bonds is 7. The van der Waals surface area contributed by atoms with Crippen LogP contribution in [0.1, 0.15) is 10.5 Å². The van der Waals surface area contributed by atoms with Gasteiger partial charge >= 0.3 is 5.97 Å². The third-order valence-electron chi connectivity index (χ3n) is 2.25. The van der Waals surface area contributed by atoms with E-state index in [0.717, 1.165) is 5.69 Å². The topological polar surface area (TPSA) is 62.7 Å². The Morgan fingerprint density at radius 3 is 2.88 bits per heavy atom. The van der Waals surface area contributed by atoms with E-state index in [-0.39, 0.29) is 5.69 Å². The lowest BCUT2D eigenvalue weighted by Gasteiger charge is -2.22. The second-order valence-electron chi connectivity index (χ2n) is 3.43. The van der Waals surface area contributed by atoms with Crippen molar-refractivity contribution in [3.8, 4) is 0 Å². The van der Waals surface area contributed by atoms with Gasteiger partial charge in [-0.1, -0.05) is 6.08 Å². The number of methoxy groups -OCH3 is 1. The maximum absolute atomic E-state index is 10.7. The fourth-order valence-electron chi connectivity index (χ4n) is 1.38. The van der Waals surface area contributed by atoms with Crippen LogP contribution >= 0.6 is 0 Å². The molecule has 0 aliphatic heterocycles. The zero-order chi connectivity index (χ0) is 12.7. The van der Waals surface area contributed by atoms with Gasteiger partial charge in [0.25, 0.3) is 0 Å². The van der Waals surface area contributed by atoms with Gasteiger partial charge in [0, 0.05) is 20.2 Å². The van der Waals surface area contributed by atoms with E-state index in [9.17, 15) is 4.79 Å². The Labute approximate surface area is 100 Å². The number of anilines is 1. The SMILES string of the molecule is C=CCN(CCOC)c1ccc(C(=O)O)nc1. The van der Waals surface area contributed by atoms with E-state index in [4.69, 9.17) is 9.84 Å². The lowest BCUT2D eigenvalue weighted by atomic mass is 10.3. The number of hydrogen-bond acceptors (Lipinski definition) is 4. The monoisotopic (exact) mass is 236 g/mol. The van der Waals surface area contributed by atoms with Gasteiger partial charge in [-0.15, -0.1) is 6.58 Å². The summed E-state index contributed by atoms with van der Waals surface area (Å²) >= 11 is 0. The molecule has 1 N–H and O–H groups in total. The van der Waals surface area contributed by atoms with E-state index in [1.807, 2.05) is 4.90 Å². The molecule has 1 aromatic rings. The first-order valence-electron chi connectivity index (χ1n) is 5.23. The van der Waals surface area contributed by atoms with E-state index in [1.165, 1.54) is 6.07 Å². The molecular weight excluding hydrogens is 220 g/mol. The predicted octanol–water partition coefficient (Wildman–Crippen LogP) is 1.42. The highest BCUT2D eigenvalue weighted by Crippen LogP contribution is 2.12. The molecule has 1 rings (SSSR count). The summed E-state index contributed by atoms with van der Waals surface area (Å²) in [4.78, 5) is 16.5. The van der Waals surface area contributed by atoms with Crippen LogP contribution in [0.4, 0.5) is 5.69 Å². The summed E-state index contributed by atoms with van der Waals surface area (Å²) in [7, 11) is 1.64. The molecule has 0 aliphatic carbocycles. The summed E-state index contributed by atoms with van der Waals surface area (Å²) in [5.41, 5.74) is 0.894. The van der Waals surface area contributed by atoms with Crippen molar-refractivity contribution < 1.29 is 14.6 Å². The van der Waals surface area contributed by atoms with Crippen LogP contribution in [0.25, 0.3) is 0 Å². The first-order valence-corrected chi connectivity index (χ1v) is 5.23. The highest BCUT2D eigenvalue weighted by Gasteiger charge is 2.07. The van der Waals surface area contributed by atoms with Crippen LogP contribution in [0.2, 0.25) is 0 Å². The smallest absolute Gasteiger partial charge is 0.354 e. The number of hydrogen-bond donors (Lipinski definition) is 1. The zero-order valence-electron chi connectivity index (χ0n) is 9.80. The summed E-state index contributed by atoms with van der Waals surface area (Å²) in [6.07, 6.45) is 3.32. The minimum Gasteiger partial charge on any atom is -0.477 e. The van der Waals surface area contributed by atoms with Crippen molar-refractivity contribution in [2.24, 2.45) is 0 Å². The molecule has 0 amide bonds. The van der Waals surface area contributed by atoms with E-state index in [2.05, 4.69) is 11.6 Å². The maximum atomic E-state index is 10.7. The van der Waals surface area contributed by atoms with Gasteiger partial charge in [0.05, 0.1) is 18.5 Å². The fourth-order valence-corrected chi connectivity index (χ4v) is 1.38. The van der Waals surface area contributed by atoms with E-state index >= 15 is 0 Å². The Kier molecular flexibility index (Phi) is 5.16. The number of carboxylic acids is 1. The van der Waals surface area contributed by atoms with Crippen LogP contribution in [0.5, 0.6) is 0 Å². The minimum absolute atomic E-state index is 0.0408. The molecule has 0 bridgehead atoms. The highest BCUT2D eigenvalue weighted by atomic mass is 16.5. The van der Waals surface area contributed by atoms with Gasteiger partial charge < -0.3 is 14.7 Å². The predicted molar refractivity (Wildman–Crippen MR) is 65.5 cm³/mol. The molecule has 0 aromatic carbocycles. The second-order valence-corrected chi connectivity index (χ2v) is 3.43. The Bertz CT molecular complexity index is 376. The fraction of sp³-hybridized carbons (Fsp3) is 0.333. The molecule has 0 aliphatic rings. The number of carbonyl (C=O) groups is 1. The molecule has 1 heterocycles. The molecule has 0 fully saturated rings. The number of aromatic nitrogens is 1. The maximum Gasteiger partial charge on any atom is 0.354 e.